The minimum absolute atomic E-state index is 0.123. The van der Waals surface area contributed by atoms with Gasteiger partial charge in [0.15, 0.2) is 5.76 Å². The number of hydrogen-bond acceptors (Lipinski definition) is 4. The first-order chi connectivity index (χ1) is 16.3. The maximum Gasteiger partial charge on any atom is 0.289 e. The molecule has 0 bridgehead atoms. The molecule has 1 saturated heterocycles. The van der Waals surface area contributed by atoms with Crippen molar-refractivity contribution < 1.29 is 18.3 Å². The number of ether oxygens (including phenoxy) is 1. The third kappa shape index (κ3) is 5.80. The Morgan fingerprint density at radius 3 is 2.59 bits per heavy atom. The summed E-state index contributed by atoms with van der Waals surface area (Å²) in [6.45, 7) is 9.69. The predicted molar refractivity (Wildman–Crippen MR) is 131 cm³/mol. The van der Waals surface area contributed by atoms with Crippen molar-refractivity contribution in [1.82, 2.24) is 9.80 Å². The van der Waals surface area contributed by atoms with E-state index in [1.54, 1.807) is 29.2 Å². The Kier molecular flexibility index (Phi) is 7.59. The molecule has 5 nitrogen and oxygen atoms in total. The van der Waals surface area contributed by atoms with Gasteiger partial charge in [0, 0.05) is 37.7 Å². The summed E-state index contributed by atoms with van der Waals surface area (Å²) in [6.07, 6.45) is 0. The fraction of sp³-hybridized carbons (Fsp3) is 0.370. The number of amides is 1. The summed E-state index contributed by atoms with van der Waals surface area (Å²) < 4.78 is 25.3. The smallest absolute Gasteiger partial charge is 0.289 e. The van der Waals surface area contributed by atoms with Crippen LogP contribution in [0.1, 0.15) is 52.8 Å². The summed E-state index contributed by atoms with van der Waals surface area (Å²) in [4.78, 5) is 17.0. The molecular formula is C27H30ClFN2O3. The van der Waals surface area contributed by atoms with Gasteiger partial charge in [-0.05, 0) is 65.9 Å². The molecule has 1 aliphatic heterocycles. The molecule has 0 saturated carbocycles. The van der Waals surface area contributed by atoms with Crippen molar-refractivity contribution in [3.63, 3.8) is 0 Å². The number of rotatable bonds is 7. The van der Waals surface area contributed by atoms with E-state index in [4.69, 9.17) is 20.8 Å². The van der Waals surface area contributed by atoms with Crippen LogP contribution in [0.2, 0.25) is 5.02 Å². The number of carbonyl (C=O) groups excluding carboxylic acids is 1. The molecule has 34 heavy (non-hydrogen) atoms. The Morgan fingerprint density at radius 2 is 1.88 bits per heavy atom. The van der Waals surface area contributed by atoms with E-state index in [-0.39, 0.29) is 24.2 Å². The molecule has 2 heterocycles. The second-order valence-electron chi connectivity index (χ2n) is 9.05. The van der Waals surface area contributed by atoms with Gasteiger partial charge in [0.05, 0.1) is 0 Å². The molecule has 0 radical (unpaired) electrons. The van der Waals surface area contributed by atoms with E-state index in [1.807, 2.05) is 25.1 Å². The average molecular weight is 485 g/mol. The molecule has 3 aromatic rings. The van der Waals surface area contributed by atoms with Crippen molar-refractivity contribution in [2.45, 2.75) is 39.8 Å². The van der Waals surface area contributed by atoms with Crippen LogP contribution in [0.15, 0.2) is 52.9 Å². The van der Waals surface area contributed by atoms with Gasteiger partial charge in [-0.25, -0.2) is 4.39 Å². The van der Waals surface area contributed by atoms with E-state index in [1.165, 1.54) is 6.07 Å². The van der Waals surface area contributed by atoms with Crippen LogP contribution in [0.25, 0.3) is 0 Å². The SMILES string of the molecule is Cc1cc(OCc2ccc(C(=O)N3CCN(Cc4cccc(F)c4)CC3)o2)c(C(C)C)cc1Cl. The maximum atomic E-state index is 13.4. The first kappa shape index (κ1) is 24.3. The van der Waals surface area contributed by atoms with E-state index in [0.29, 0.717) is 31.2 Å². The molecular weight excluding hydrogens is 455 g/mol. The molecule has 1 aliphatic rings. The van der Waals surface area contributed by atoms with Gasteiger partial charge in [-0.1, -0.05) is 37.6 Å². The summed E-state index contributed by atoms with van der Waals surface area (Å²) in [7, 11) is 0. The zero-order valence-corrected chi connectivity index (χ0v) is 20.6. The van der Waals surface area contributed by atoms with E-state index in [2.05, 4.69) is 18.7 Å². The summed E-state index contributed by atoms with van der Waals surface area (Å²) in [5, 5.41) is 0.720. The van der Waals surface area contributed by atoms with Gasteiger partial charge in [0.25, 0.3) is 5.91 Å². The lowest BCUT2D eigenvalue weighted by atomic mass is 10.0. The van der Waals surface area contributed by atoms with Crippen molar-refractivity contribution in [2.75, 3.05) is 26.2 Å². The fourth-order valence-electron chi connectivity index (χ4n) is 4.12. The number of piperazine rings is 1. The molecule has 1 amide bonds. The number of furan rings is 1. The Morgan fingerprint density at radius 1 is 1.12 bits per heavy atom. The number of aryl methyl sites for hydroxylation is 1. The Balaban J connectivity index is 1.32. The van der Waals surface area contributed by atoms with Gasteiger partial charge >= 0.3 is 0 Å². The normalized spacial score (nSPS) is 14.6. The summed E-state index contributed by atoms with van der Waals surface area (Å²) >= 11 is 6.28. The molecule has 180 valence electrons. The van der Waals surface area contributed by atoms with Gasteiger partial charge < -0.3 is 14.1 Å². The quantitative estimate of drug-likeness (QED) is 0.410. The third-order valence-corrected chi connectivity index (χ3v) is 6.52. The second kappa shape index (κ2) is 10.6. The zero-order valence-electron chi connectivity index (χ0n) is 19.8. The molecule has 0 spiro atoms. The van der Waals surface area contributed by atoms with Crippen LogP contribution >= 0.6 is 11.6 Å². The average Bonchev–Trinajstić information content (AvgIpc) is 3.28. The summed E-state index contributed by atoms with van der Waals surface area (Å²) in [5.41, 5.74) is 2.93. The molecule has 1 fully saturated rings. The summed E-state index contributed by atoms with van der Waals surface area (Å²) in [5.74, 6) is 1.60. The van der Waals surface area contributed by atoms with Gasteiger partial charge in [0.1, 0.15) is 23.9 Å². The van der Waals surface area contributed by atoms with Crippen molar-refractivity contribution in [3.8, 4) is 5.75 Å². The third-order valence-electron chi connectivity index (χ3n) is 6.11. The van der Waals surface area contributed by atoms with Crippen LogP contribution in [0.5, 0.6) is 5.75 Å². The first-order valence-electron chi connectivity index (χ1n) is 11.6. The minimum Gasteiger partial charge on any atom is -0.485 e. The van der Waals surface area contributed by atoms with E-state index in [0.717, 1.165) is 40.6 Å². The zero-order chi connectivity index (χ0) is 24.2. The van der Waals surface area contributed by atoms with Crippen molar-refractivity contribution in [3.05, 3.63) is 87.6 Å². The van der Waals surface area contributed by atoms with Crippen molar-refractivity contribution >= 4 is 17.5 Å². The number of benzene rings is 2. The highest BCUT2D eigenvalue weighted by Crippen LogP contribution is 2.32. The highest BCUT2D eigenvalue weighted by Gasteiger charge is 2.24. The topological polar surface area (TPSA) is 45.9 Å². The van der Waals surface area contributed by atoms with Gasteiger partial charge in [-0.2, -0.15) is 0 Å². The molecule has 0 unspecified atom stereocenters. The molecule has 7 heteroatoms. The Hall–Kier alpha value is -2.83. The molecule has 4 rings (SSSR count). The maximum absolute atomic E-state index is 13.4. The van der Waals surface area contributed by atoms with Crippen LogP contribution in [0.3, 0.4) is 0 Å². The highest BCUT2D eigenvalue weighted by atomic mass is 35.5. The van der Waals surface area contributed by atoms with Gasteiger partial charge in [0.2, 0.25) is 0 Å². The van der Waals surface area contributed by atoms with E-state index < -0.39 is 0 Å². The fourth-order valence-corrected chi connectivity index (χ4v) is 4.30. The molecule has 2 aromatic carbocycles. The summed E-state index contributed by atoms with van der Waals surface area (Å²) in [6, 6.07) is 14.0. The lowest BCUT2D eigenvalue weighted by Gasteiger charge is -2.34. The van der Waals surface area contributed by atoms with E-state index >= 15 is 0 Å². The van der Waals surface area contributed by atoms with Crippen LogP contribution in [0, 0.1) is 12.7 Å². The molecule has 0 atom stereocenters. The minimum atomic E-state index is -0.226. The lowest BCUT2D eigenvalue weighted by molar-refractivity contribution is 0.0594. The molecule has 1 aromatic heterocycles. The second-order valence-corrected chi connectivity index (χ2v) is 9.45. The Bertz CT molecular complexity index is 1150. The van der Waals surface area contributed by atoms with Gasteiger partial charge in [-0.3, -0.25) is 9.69 Å². The standard InChI is InChI=1S/C27H30ClFN2O3/c1-18(2)23-15-24(28)19(3)13-26(23)33-17-22-7-8-25(34-22)27(32)31-11-9-30(10-12-31)16-20-5-4-6-21(29)14-20/h4-8,13-15,18H,9-12,16-17H2,1-3H3. The van der Waals surface area contributed by atoms with Crippen molar-refractivity contribution in [2.24, 2.45) is 0 Å². The molecule has 0 N–H and O–H groups in total. The first-order valence-corrected chi connectivity index (χ1v) is 12.0. The Labute approximate surface area is 205 Å². The number of halogens is 2. The van der Waals surface area contributed by atoms with Crippen LogP contribution in [-0.4, -0.2) is 41.9 Å². The van der Waals surface area contributed by atoms with Crippen LogP contribution in [-0.2, 0) is 13.2 Å². The van der Waals surface area contributed by atoms with Crippen LogP contribution < -0.4 is 4.74 Å². The van der Waals surface area contributed by atoms with E-state index in [9.17, 15) is 9.18 Å². The van der Waals surface area contributed by atoms with Crippen LogP contribution in [0.4, 0.5) is 4.39 Å². The molecule has 0 aliphatic carbocycles. The van der Waals surface area contributed by atoms with Gasteiger partial charge in [-0.15, -0.1) is 0 Å². The monoisotopic (exact) mass is 484 g/mol. The van der Waals surface area contributed by atoms with Crippen molar-refractivity contribution in [1.29, 1.82) is 0 Å². The number of carbonyl (C=O) groups is 1. The lowest BCUT2D eigenvalue weighted by Crippen LogP contribution is -2.48. The highest BCUT2D eigenvalue weighted by molar-refractivity contribution is 6.31. The number of hydrogen-bond donors (Lipinski definition) is 0. The predicted octanol–water partition coefficient (Wildman–Crippen LogP) is 6.04. The number of nitrogens with zero attached hydrogens (tertiary/aromatic N) is 2. The largest absolute Gasteiger partial charge is 0.485 e.